The first-order valence-electron chi connectivity index (χ1n) is 6.00. The van der Waals surface area contributed by atoms with Crippen LogP contribution in [0.5, 0.6) is 0 Å². The highest BCUT2D eigenvalue weighted by Gasteiger charge is 2.11. The molecule has 0 N–H and O–H groups in total. The van der Waals surface area contributed by atoms with E-state index in [4.69, 9.17) is 0 Å². The Hall–Kier alpha value is -1.31. The minimum Gasteiger partial charge on any atom is -0.328 e. The Labute approximate surface area is 98.7 Å². The van der Waals surface area contributed by atoms with Crippen molar-refractivity contribution in [3.63, 3.8) is 0 Å². The van der Waals surface area contributed by atoms with Crippen LogP contribution in [0.3, 0.4) is 0 Å². The van der Waals surface area contributed by atoms with Crippen molar-refractivity contribution in [1.82, 2.24) is 9.55 Å². The Morgan fingerprint density at radius 2 is 2.06 bits per heavy atom. The summed E-state index contributed by atoms with van der Waals surface area (Å²) in [5, 5.41) is 0. The molecule has 1 aromatic rings. The fraction of sp³-hybridized carbons (Fsp3) is 0.500. The van der Waals surface area contributed by atoms with Gasteiger partial charge >= 0.3 is 0 Å². The third-order valence-corrected chi connectivity index (χ3v) is 2.50. The van der Waals surface area contributed by atoms with Crippen molar-refractivity contribution in [3.05, 3.63) is 29.4 Å². The summed E-state index contributed by atoms with van der Waals surface area (Å²) in [5.74, 6) is 1.16. The predicted molar refractivity (Wildman–Crippen MR) is 71.3 cm³/mol. The largest absolute Gasteiger partial charge is 0.328 e. The summed E-state index contributed by atoms with van der Waals surface area (Å²) in [6.45, 7) is 13.4. The number of aryl methyl sites for hydroxylation is 1. The molecule has 88 valence electrons. The Bertz CT molecular complexity index is 393. The highest BCUT2D eigenvalue weighted by Crippen LogP contribution is 2.17. The first-order valence-corrected chi connectivity index (χ1v) is 6.00. The van der Waals surface area contributed by atoms with E-state index in [-0.39, 0.29) is 0 Å². The van der Waals surface area contributed by atoms with Crippen LogP contribution >= 0.6 is 0 Å². The van der Waals surface area contributed by atoms with E-state index in [2.05, 4.69) is 49.9 Å². The summed E-state index contributed by atoms with van der Waals surface area (Å²) in [6.07, 6.45) is 6.13. The molecule has 0 atom stereocenters. The molecule has 0 unspecified atom stereocenters. The van der Waals surface area contributed by atoms with E-state index in [0.717, 1.165) is 36.6 Å². The average Bonchev–Trinajstić information content (AvgIpc) is 2.55. The van der Waals surface area contributed by atoms with Crippen LogP contribution in [0.15, 0.2) is 12.2 Å². The molecule has 0 saturated heterocycles. The van der Waals surface area contributed by atoms with Crippen molar-refractivity contribution in [1.29, 1.82) is 0 Å². The number of nitrogens with zero attached hydrogens (tertiary/aromatic N) is 2. The lowest BCUT2D eigenvalue weighted by Gasteiger charge is -2.07. The smallest absolute Gasteiger partial charge is 0.109 e. The molecule has 0 aliphatic heterocycles. The standard InChI is InChI=1S/C14H22N2/c1-6-9-16-13(7-2)12(10-11(4)5)15-14(16)8-3/h7,10H,2,6,8-9H2,1,3-5H3. The topological polar surface area (TPSA) is 17.8 Å². The zero-order valence-electron chi connectivity index (χ0n) is 10.9. The molecule has 0 fully saturated rings. The summed E-state index contributed by atoms with van der Waals surface area (Å²) >= 11 is 0. The van der Waals surface area contributed by atoms with Crippen molar-refractivity contribution >= 4 is 12.2 Å². The van der Waals surface area contributed by atoms with Crippen LogP contribution in [0.25, 0.3) is 12.2 Å². The predicted octanol–water partition coefficient (Wildman–Crippen LogP) is 3.92. The third kappa shape index (κ3) is 2.63. The highest BCUT2D eigenvalue weighted by molar-refractivity contribution is 5.61. The lowest BCUT2D eigenvalue weighted by Crippen LogP contribution is -2.04. The molecule has 1 rings (SSSR count). The van der Waals surface area contributed by atoms with Crippen LogP contribution in [0.2, 0.25) is 0 Å². The van der Waals surface area contributed by atoms with Gasteiger partial charge in [0.25, 0.3) is 0 Å². The van der Waals surface area contributed by atoms with Gasteiger partial charge in [0.2, 0.25) is 0 Å². The Balaban J connectivity index is 3.29. The monoisotopic (exact) mass is 218 g/mol. The molecule has 0 amide bonds. The van der Waals surface area contributed by atoms with E-state index in [1.807, 2.05) is 6.08 Å². The molecule has 0 saturated carbocycles. The molecule has 2 heteroatoms. The summed E-state index contributed by atoms with van der Waals surface area (Å²) in [6, 6.07) is 0. The van der Waals surface area contributed by atoms with Gasteiger partial charge in [-0.05, 0) is 32.4 Å². The van der Waals surface area contributed by atoms with Crippen LogP contribution < -0.4 is 0 Å². The van der Waals surface area contributed by atoms with E-state index < -0.39 is 0 Å². The molecule has 0 aliphatic carbocycles. The SMILES string of the molecule is C=Cc1c(C=C(C)C)nc(CC)n1CCC. The first kappa shape index (κ1) is 12.8. The number of hydrogen-bond donors (Lipinski definition) is 0. The molecule has 2 nitrogen and oxygen atoms in total. The molecule has 0 spiro atoms. The number of hydrogen-bond acceptors (Lipinski definition) is 1. The number of allylic oxidation sites excluding steroid dienone is 1. The maximum atomic E-state index is 4.67. The van der Waals surface area contributed by atoms with Crippen LogP contribution in [0.4, 0.5) is 0 Å². The molecular weight excluding hydrogens is 196 g/mol. The Morgan fingerprint density at radius 3 is 2.50 bits per heavy atom. The summed E-state index contributed by atoms with van der Waals surface area (Å²) in [4.78, 5) is 4.67. The van der Waals surface area contributed by atoms with Crippen LogP contribution in [0, 0.1) is 0 Å². The van der Waals surface area contributed by atoms with Crippen molar-refractivity contribution in [2.45, 2.75) is 47.1 Å². The lowest BCUT2D eigenvalue weighted by molar-refractivity contribution is 0.638. The molecule has 0 radical (unpaired) electrons. The van der Waals surface area contributed by atoms with Crippen molar-refractivity contribution in [3.8, 4) is 0 Å². The minimum absolute atomic E-state index is 0.970. The van der Waals surface area contributed by atoms with Gasteiger partial charge in [0.1, 0.15) is 5.82 Å². The molecule has 16 heavy (non-hydrogen) atoms. The molecule has 0 bridgehead atoms. The zero-order chi connectivity index (χ0) is 12.1. The zero-order valence-corrected chi connectivity index (χ0v) is 10.9. The van der Waals surface area contributed by atoms with Crippen molar-refractivity contribution in [2.24, 2.45) is 0 Å². The quantitative estimate of drug-likeness (QED) is 0.732. The minimum atomic E-state index is 0.970. The number of aromatic nitrogens is 2. The van der Waals surface area contributed by atoms with Crippen molar-refractivity contribution in [2.75, 3.05) is 0 Å². The lowest BCUT2D eigenvalue weighted by atomic mass is 10.2. The molecule has 0 aromatic carbocycles. The average molecular weight is 218 g/mol. The maximum absolute atomic E-state index is 4.67. The number of imidazole rings is 1. The second-order valence-corrected chi connectivity index (χ2v) is 4.23. The molecule has 1 aromatic heterocycles. The van der Waals surface area contributed by atoms with Gasteiger partial charge in [-0.25, -0.2) is 4.98 Å². The van der Waals surface area contributed by atoms with Gasteiger partial charge in [-0.2, -0.15) is 0 Å². The van der Waals surface area contributed by atoms with Crippen LogP contribution in [0.1, 0.15) is 51.3 Å². The van der Waals surface area contributed by atoms with Crippen LogP contribution in [-0.2, 0) is 13.0 Å². The van der Waals surface area contributed by atoms with Crippen LogP contribution in [-0.4, -0.2) is 9.55 Å². The number of rotatable bonds is 5. The Kier molecular flexibility index (Phi) is 4.53. The van der Waals surface area contributed by atoms with Gasteiger partial charge < -0.3 is 4.57 Å². The maximum Gasteiger partial charge on any atom is 0.109 e. The van der Waals surface area contributed by atoms with E-state index in [1.165, 1.54) is 5.57 Å². The Morgan fingerprint density at radius 1 is 1.38 bits per heavy atom. The van der Waals surface area contributed by atoms with Gasteiger partial charge in [-0.3, -0.25) is 0 Å². The van der Waals surface area contributed by atoms with E-state index >= 15 is 0 Å². The summed E-state index contributed by atoms with van der Waals surface area (Å²) in [5.41, 5.74) is 3.48. The van der Waals surface area contributed by atoms with Gasteiger partial charge in [0, 0.05) is 13.0 Å². The van der Waals surface area contributed by atoms with Crippen molar-refractivity contribution < 1.29 is 0 Å². The van der Waals surface area contributed by atoms with E-state index in [0.29, 0.717) is 0 Å². The molecular formula is C14H22N2. The van der Waals surface area contributed by atoms with E-state index in [1.54, 1.807) is 0 Å². The second kappa shape index (κ2) is 5.69. The first-order chi connectivity index (χ1) is 7.63. The second-order valence-electron chi connectivity index (χ2n) is 4.23. The molecule has 1 heterocycles. The summed E-state index contributed by atoms with van der Waals surface area (Å²) in [7, 11) is 0. The van der Waals surface area contributed by atoms with E-state index in [9.17, 15) is 0 Å². The third-order valence-electron chi connectivity index (χ3n) is 2.50. The fourth-order valence-corrected chi connectivity index (χ4v) is 1.87. The normalized spacial score (nSPS) is 10.2. The van der Waals surface area contributed by atoms with Gasteiger partial charge in [0.05, 0.1) is 11.4 Å². The highest BCUT2D eigenvalue weighted by atomic mass is 15.1. The molecule has 0 aliphatic rings. The van der Waals surface area contributed by atoms with Gasteiger partial charge in [-0.15, -0.1) is 0 Å². The van der Waals surface area contributed by atoms with Gasteiger partial charge in [0.15, 0.2) is 0 Å². The fourth-order valence-electron chi connectivity index (χ4n) is 1.87. The summed E-state index contributed by atoms with van der Waals surface area (Å²) < 4.78 is 2.28. The van der Waals surface area contributed by atoms with Gasteiger partial charge in [-0.1, -0.05) is 26.0 Å².